The summed E-state index contributed by atoms with van der Waals surface area (Å²) in [4.78, 5) is 11.6. The smallest absolute Gasteiger partial charge is 0.244 e. The van der Waals surface area contributed by atoms with Crippen LogP contribution in [0.5, 0.6) is 0 Å². The summed E-state index contributed by atoms with van der Waals surface area (Å²) in [6.45, 7) is -0.246. The number of nitrogens with one attached hydrogen (secondary N) is 1. The number of halogens is 1. The zero-order valence-electron chi connectivity index (χ0n) is 11.0. The predicted molar refractivity (Wildman–Crippen MR) is 76.8 cm³/mol. The first-order valence-electron chi connectivity index (χ1n) is 6.11. The molecule has 110 valence electrons. The fourth-order valence-electron chi connectivity index (χ4n) is 1.67. The van der Waals surface area contributed by atoms with E-state index in [-0.39, 0.29) is 28.4 Å². The van der Waals surface area contributed by atoms with E-state index >= 15 is 0 Å². The van der Waals surface area contributed by atoms with Gasteiger partial charge in [0.05, 0.1) is 11.6 Å². The molecule has 1 aliphatic rings. The first kappa shape index (κ1) is 15.1. The maximum absolute atomic E-state index is 12.3. The Labute approximate surface area is 122 Å². The van der Waals surface area contributed by atoms with Gasteiger partial charge in [-0.25, -0.2) is 8.42 Å². The summed E-state index contributed by atoms with van der Waals surface area (Å²) in [6.07, 6.45) is 1.90. The molecule has 0 saturated heterocycles. The molecule has 1 amide bonds. The molecule has 0 radical (unpaired) electrons. The number of likely N-dealkylation sites (N-methyl/N-ethyl adjacent to an activating group) is 1. The lowest BCUT2D eigenvalue weighted by Gasteiger charge is -2.17. The number of nitrogens with zero attached hydrogens (tertiary/aromatic N) is 1. The summed E-state index contributed by atoms with van der Waals surface area (Å²) in [6, 6.07) is 4.41. The van der Waals surface area contributed by atoms with Crippen LogP contribution in [0, 0.1) is 0 Å². The minimum absolute atomic E-state index is 0.0775. The van der Waals surface area contributed by atoms with Crippen LogP contribution in [0.3, 0.4) is 0 Å². The van der Waals surface area contributed by atoms with Crippen molar-refractivity contribution < 1.29 is 13.2 Å². The molecule has 0 aromatic heterocycles. The highest BCUT2D eigenvalue weighted by Gasteiger charge is 2.28. The molecule has 1 aromatic carbocycles. The fraction of sp³-hybridized carbons (Fsp3) is 0.417. The van der Waals surface area contributed by atoms with E-state index in [4.69, 9.17) is 17.3 Å². The highest BCUT2D eigenvalue weighted by atomic mass is 35.5. The number of anilines is 1. The summed E-state index contributed by atoms with van der Waals surface area (Å²) in [7, 11) is -2.51. The summed E-state index contributed by atoms with van der Waals surface area (Å²) < 4.78 is 25.7. The van der Waals surface area contributed by atoms with Crippen molar-refractivity contribution in [1.82, 2.24) is 9.62 Å². The number of rotatable bonds is 5. The van der Waals surface area contributed by atoms with E-state index in [0.717, 1.165) is 17.1 Å². The van der Waals surface area contributed by atoms with Gasteiger partial charge in [-0.3, -0.25) is 4.79 Å². The number of amides is 1. The molecule has 8 heteroatoms. The van der Waals surface area contributed by atoms with Crippen molar-refractivity contribution in [2.24, 2.45) is 0 Å². The van der Waals surface area contributed by atoms with Crippen LogP contribution in [-0.4, -0.2) is 38.3 Å². The maximum Gasteiger partial charge on any atom is 0.244 e. The third kappa shape index (κ3) is 3.41. The van der Waals surface area contributed by atoms with Crippen LogP contribution in [0.4, 0.5) is 5.69 Å². The van der Waals surface area contributed by atoms with Crippen LogP contribution >= 0.6 is 11.6 Å². The summed E-state index contributed by atoms with van der Waals surface area (Å²) in [5.74, 6) is -0.321. The van der Waals surface area contributed by atoms with Crippen molar-refractivity contribution in [1.29, 1.82) is 0 Å². The lowest BCUT2D eigenvalue weighted by molar-refractivity contribution is -0.121. The van der Waals surface area contributed by atoms with Gasteiger partial charge in [0.2, 0.25) is 15.9 Å². The predicted octanol–water partition coefficient (Wildman–Crippen LogP) is 0.821. The molecular formula is C12H16ClN3O3S. The second kappa shape index (κ2) is 5.59. The van der Waals surface area contributed by atoms with Crippen LogP contribution in [0.1, 0.15) is 12.8 Å². The quantitative estimate of drug-likeness (QED) is 0.786. The molecule has 0 bridgehead atoms. The number of hydrogen-bond acceptors (Lipinski definition) is 4. The number of carbonyl (C=O) groups is 1. The Morgan fingerprint density at radius 1 is 1.50 bits per heavy atom. The van der Waals surface area contributed by atoms with Crippen molar-refractivity contribution >= 4 is 33.2 Å². The Hall–Kier alpha value is -1.31. The largest absolute Gasteiger partial charge is 0.399 e. The van der Waals surface area contributed by atoms with Crippen molar-refractivity contribution in [3.05, 3.63) is 23.2 Å². The molecule has 1 aliphatic carbocycles. The average molecular weight is 318 g/mol. The van der Waals surface area contributed by atoms with Gasteiger partial charge >= 0.3 is 0 Å². The van der Waals surface area contributed by atoms with E-state index in [1.807, 2.05) is 0 Å². The fourth-order valence-corrected chi connectivity index (χ4v) is 3.31. The van der Waals surface area contributed by atoms with Gasteiger partial charge in [0, 0.05) is 18.8 Å². The van der Waals surface area contributed by atoms with Crippen LogP contribution in [0.2, 0.25) is 5.02 Å². The molecule has 0 unspecified atom stereocenters. The normalized spacial score (nSPS) is 15.3. The van der Waals surface area contributed by atoms with Crippen molar-refractivity contribution in [3.8, 4) is 0 Å². The van der Waals surface area contributed by atoms with Crippen LogP contribution < -0.4 is 11.1 Å². The second-order valence-corrected chi connectivity index (χ2v) is 7.21. The molecule has 0 spiro atoms. The highest BCUT2D eigenvalue weighted by molar-refractivity contribution is 7.89. The van der Waals surface area contributed by atoms with Gasteiger partial charge in [0.1, 0.15) is 4.90 Å². The molecule has 0 heterocycles. The Balaban J connectivity index is 2.15. The van der Waals surface area contributed by atoms with Gasteiger partial charge < -0.3 is 11.1 Å². The lowest BCUT2D eigenvalue weighted by atomic mass is 10.3. The van der Waals surface area contributed by atoms with Crippen LogP contribution in [-0.2, 0) is 14.8 Å². The zero-order valence-corrected chi connectivity index (χ0v) is 12.5. The summed E-state index contributed by atoms with van der Waals surface area (Å²) >= 11 is 5.89. The molecule has 3 N–H and O–H groups in total. The summed E-state index contributed by atoms with van der Waals surface area (Å²) in [5, 5.41) is 2.81. The monoisotopic (exact) mass is 317 g/mol. The molecule has 1 aromatic rings. The topological polar surface area (TPSA) is 92.5 Å². The lowest BCUT2D eigenvalue weighted by Crippen LogP contribution is -2.39. The van der Waals surface area contributed by atoms with Crippen LogP contribution in [0.15, 0.2) is 23.1 Å². The summed E-state index contributed by atoms with van der Waals surface area (Å²) in [5.41, 5.74) is 5.87. The van der Waals surface area contributed by atoms with Gasteiger partial charge in [0.25, 0.3) is 0 Å². The average Bonchev–Trinajstić information content (AvgIpc) is 3.15. The second-order valence-electron chi connectivity index (χ2n) is 4.79. The first-order chi connectivity index (χ1) is 9.30. The molecular weight excluding hydrogens is 302 g/mol. The Morgan fingerprint density at radius 2 is 2.15 bits per heavy atom. The van der Waals surface area contributed by atoms with E-state index in [1.165, 1.54) is 25.2 Å². The Morgan fingerprint density at radius 3 is 2.75 bits per heavy atom. The van der Waals surface area contributed by atoms with Crippen molar-refractivity contribution in [2.45, 2.75) is 23.8 Å². The number of nitrogen functional groups attached to an aromatic ring is 1. The zero-order chi connectivity index (χ0) is 14.9. The van der Waals surface area contributed by atoms with Gasteiger partial charge in [-0.15, -0.1) is 0 Å². The molecule has 6 nitrogen and oxygen atoms in total. The highest BCUT2D eigenvalue weighted by Crippen LogP contribution is 2.26. The van der Waals surface area contributed by atoms with Gasteiger partial charge in [-0.05, 0) is 31.0 Å². The Bertz CT molecular complexity index is 629. The third-order valence-electron chi connectivity index (χ3n) is 2.95. The van der Waals surface area contributed by atoms with E-state index in [2.05, 4.69) is 5.32 Å². The Kier molecular flexibility index (Phi) is 4.22. The van der Waals surface area contributed by atoms with E-state index in [1.54, 1.807) is 0 Å². The number of benzene rings is 1. The molecule has 1 saturated carbocycles. The van der Waals surface area contributed by atoms with Gasteiger partial charge in [-0.1, -0.05) is 11.6 Å². The van der Waals surface area contributed by atoms with Gasteiger partial charge in [-0.2, -0.15) is 4.31 Å². The standard InChI is InChI=1S/C12H16ClN3O3S/c1-16(7-12(17)15-9-3-4-9)20(18,19)11-6-8(14)2-5-10(11)13/h2,5-6,9H,3-4,7,14H2,1H3,(H,15,17). The number of carbonyl (C=O) groups excluding carboxylic acids is 1. The minimum Gasteiger partial charge on any atom is -0.399 e. The number of nitrogens with two attached hydrogens (primary N) is 1. The van der Waals surface area contributed by atoms with E-state index in [9.17, 15) is 13.2 Å². The van der Waals surface area contributed by atoms with Gasteiger partial charge in [0.15, 0.2) is 0 Å². The maximum atomic E-state index is 12.3. The number of hydrogen-bond donors (Lipinski definition) is 2. The van der Waals surface area contributed by atoms with Crippen molar-refractivity contribution in [2.75, 3.05) is 19.3 Å². The SMILES string of the molecule is CN(CC(=O)NC1CC1)S(=O)(=O)c1cc(N)ccc1Cl. The number of sulfonamides is 1. The van der Waals surface area contributed by atoms with Crippen molar-refractivity contribution in [3.63, 3.8) is 0 Å². The molecule has 0 aliphatic heterocycles. The van der Waals surface area contributed by atoms with E-state index in [0.29, 0.717) is 5.69 Å². The minimum atomic E-state index is -3.84. The molecule has 20 heavy (non-hydrogen) atoms. The van der Waals surface area contributed by atoms with Crippen LogP contribution in [0.25, 0.3) is 0 Å². The molecule has 2 rings (SSSR count). The molecule has 0 atom stereocenters. The van der Waals surface area contributed by atoms with E-state index < -0.39 is 10.0 Å². The first-order valence-corrected chi connectivity index (χ1v) is 7.93. The third-order valence-corrected chi connectivity index (χ3v) is 5.24. The molecule has 1 fully saturated rings.